The molecule has 2 nitrogen and oxygen atoms in total. The van der Waals surface area contributed by atoms with Gasteiger partial charge in [-0.15, -0.1) is 0 Å². The third-order valence-electron chi connectivity index (χ3n) is 2.82. The van der Waals surface area contributed by atoms with Gasteiger partial charge in [-0.3, -0.25) is 4.79 Å². The molecule has 0 unspecified atom stereocenters. The molecular formula is C16H13FO2. The van der Waals surface area contributed by atoms with Crippen LogP contribution in [0.15, 0.2) is 36.4 Å². The lowest BCUT2D eigenvalue weighted by Gasteiger charge is -2.03. The van der Waals surface area contributed by atoms with Crippen molar-refractivity contribution in [2.24, 2.45) is 0 Å². The second kappa shape index (κ2) is 5.48. The summed E-state index contributed by atoms with van der Waals surface area (Å²) >= 11 is 0. The van der Waals surface area contributed by atoms with Crippen molar-refractivity contribution in [3.8, 4) is 5.75 Å². The van der Waals surface area contributed by atoms with Crippen LogP contribution in [0, 0.1) is 12.7 Å². The first-order valence-electron chi connectivity index (χ1n) is 5.82. The second-order valence-electron chi connectivity index (χ2n) is 4.28. The van der Waals surface area contributed by atoms with Crippen LogP contribution in [-0.4, -0.2) is 11.4 Å². The molecule has 0 radical (unpaired) electrons. The van der Waals surface area contributed by atoms with E-state index in [-0.39, 0.29) is 17.1 Å². The standard InChI is InChI=1S/C16H13FO2/c1-11-8-13(9-14(10-18)16(11)19)3-2-12-4-6-15(17)7-5-12/h2-10,19H,1H3/b3-2+. The van der Waals surface area contributed by atoms with Crippen molar-refractivity contribution in [1.82, 2.24) is 0 Å². The van der Waals surface area contributed by atoms with E-state index >= 15 is 0 Å². The van der Waals surface area contributed by atoms with Gasteiger partial charge in [-0.1, -0.05) is 24.3 Å². The number of carbonyl (C=O) groups excluding carboxylic acids is 1. The fourth-order valence-electron chi connectivity index (χ4n) is 1.79. The highest BCUT2D eigenvalue weighted by atomic mass is 19.1. The SMILES string of the molecule is Cc1cc(/C=C/c2ccc(F)cc2)cc(C=O)c1O. The average Bonchev–Trinajstić information content (AvgIpc) is 2.41. The molecule has 0 aromatic heterocycles. The minimum Gasteiger partial charge on any atom is -0.507 e. The molecule has 0 atom stereocenters. The maximum atomic E-state index is 12.8. The van der Waals surface area contributed by atoms with E-state index in [2.05, 4.69) is 0 Å². The van der Waals surface area contributed by atoms with Crippen molar-refractivity contribution >= 4 is 18.4 Å². The fourth-order valence-corrected chi connectivity index (χ4v) is 1.79. The van der Waals surface area contributed by atoms with Gasteiger partial charge < -0.3 is 5.11 Å². The topological polar surface area (TPSA) is 37.3 Å². The molecule has 0 bridgehead atoms. The van der Waals surface area contributed by atoms with E-state index in [1.165, 1.54) is 12.1 Å². The van der Waals surface area contributed by atoms with E-state index in [1.807, 2.05) is 12.2 Å². The molecule has 0 spiro atoms. The Kier molecular flexibility index (Phi) is 3.76. The summed E-state index contributed by atoms with van der Waals surface area (Å²) in [6, 6.07) is 9.49. The van der Waals surface area contributed by atoms with E-state index in [9.17, 15) is 14.3 Å². The van der Waals surface area contributed by atoms with Gasteiger partial charge in [-0.05, 0) is 47.9 Å². The normalized spacial score (nSPS) is 10.8. The lowest BCUT2D eigenvalue weighted by Crippen LogP contribution is -1.87. The van der Waals surface area contributed by atoms with Crippen molar-refractivity contribution in [1.29, 1.82) is 0 Å². The van der Waals surface area contributed by atoms with Gasteiger partial charge in [0, 0.05) is 0 Å². The number of rotatable bonds is 3. The zero-order chi connectivity index (χ0) is 13.8. The molecule has 0 amide bonds. The fraction of sp³-hybridized carbons (Fsp3) is 0.0625. The summed E-state index contributed by atoms with van der Waals surface area (Å²) in [6.45, 7) is 1.73. The maximum Gasteiger partial charge on any atom is 0.153 e. The Morgan fingerprint density at radius 1 is 1.05 bits per heavy atom. The van der Waals surface area contributed by atoms with Crippen molar-refractivity contribution in [3.05, 3.63) is 64.5 Å². The van der Waals surface area contributed by atoms with Crippen molar-refractivity contribution < 1.29 is 14.3 Å². The van der Waals surface area contributed by atoms with Gasteiger partial charge >= 0.3 is 0 Å². The predicted octanol–water partition coefficient (Wildman–Crippen LogP) is 3.82. The van der Waals surface area contributed by atoms with Gasteiger partial charge in [0.05, 0.1) is 5.56 Å². The first-order valence-corrected chi connectivity index (χ1v) is 5.82. The molecule has 0 aliphatic rings. The number of aromatic hydroxyl groups is 1. The van der Waals surface area contributed by atoms with Crippen LogP contribution in [0.2, 0.25) is 0 Å². The van der Waals surface area contributed by atoms with E-state index in [0.717, 1.165) is 11.1 Å². The van der Waals surface area contributed by atoms with Crippen LogP contribution in [-0.2, 0) is 0 Å². The van der Waals surface area contributed by atoms with E-state index in [4.69, 9.17) is 0 Å². The molecule has 0 aliphatic carbocycles. The molecule has 2 aromatic carbocycles. The number of halogens is 1. The molecule has 96 valence electrons. The lowest BCUT2D eigenvalue weighted by molar-refractivity contribution is 0.112. The Hall–Kier alpha value is -2.42. The van der Waals surface area contributed by atoms with Crippen LogP contribution < -0.4 is 0 Å². The number of phenolic OH excluding ortho intramolecular Hbond substituents is 1. The summed E-state index contributed by atoms with van der Waals surface area (Å²) in [7, 11) is 0. The van der Waals surface area contributed by atoms with Gasteiger partial charge in [0.1, 0.15) is 11.6 Å². The Balaban J connectivity index is 2.30. The summed E-state index contributed by atoms with van der Waals surface area (Å²) in [4.78, 5) is 10.8. The second-order valence-corrected chi connectivity index (χ2v) is 4.28. The average molecular weight is 256 g/mol. The molecule has 0 saturated carbocycles. The van der Waals surface area contributed by atoms with Crippen molar-refractivity contribution in [2.75, 3.05) is 0 Å². The Labute approximate surface area is 110 Å². The minimum absolute atomic E-state index is 0.00827. The highest BCUT2D eigenvalue weighted by molar-refractivity contribution is 5.83. The van der Waals surface area contributed by atoms with Crippen molar-refractivity contribution in [2.45, 2.75) is 6.92 Å². The molecule has 0 fully saturated rings. The summed E-state index contributed by atoms with van der Waals surface area (Å²) in [5.74, 6) is -0.269. The smallest absolute Gasteiger partial charge is 0.153 e. The number of benzene rings is 2. The van der Waals surface area contributed by atoms with Crippen LogP contribution in [0.25, 0.3) is 12.2 Å². The number of hydrogen-bond acceptors (Lipinski definition) is 2. The molecule has 0 saturated heterocycles. The summed E-state index contributed by atoms with van der Waals surface area (Å²) in [6.07, 6.45) is 4.25. The Bertz CT molecular complexity index is 628. The van der Waals surface area contributed by atoms with Gasteiger partial charge in [0.25, 0.3) is 0 Å². The predicted molar refractivity (Wildman–Crippen MR) is 73.6 cm³/mol. The molecule has 19 heavy (non-hydrogen) atoms. The first kappa shape index (κ1) is 13.0. The molecule has 0 aliphatic heterocycles. The minimum atomic E-state index is -0.277. The summed E-state index contributed by atoms with van der Waals surface area (Å²) < 4.78 is 12.8. The summed E-state index contributed by atoms with van der Waals surface area (Å²) in [5, 5.41) is 9.64. The number of carbonyl (C=O) groups is 1. The third-order valence-corrected chi connectivity index (χ3v) is 2.82. The van der Waals surface area contributed by atoms with E-state index in [0.29, 0.717) is 11.8 Å². The van der Waals surface area contributed by atoms with Crippen LogP contribution in [0.5, 0.6) is 5.75 Å². The van der Waals surface area contributed by atoms with Crippen LogP contribution in [0.3, 0.4) is 0 Å². The largest absolute Gasteiger partial charge is 0.507 e. The van der Waals surface area contributed by atoms with Gasteiger partial charge in [0.2, 0.25) is 0 Å². The number of aryl methyl sites for hydroxylation is 1. The first-order chi connectivity index (χ1) is 9.10. The highest BCUT2D eigenvalue weighted by Crippen LogP contribution is 2.23. The van der Waals surface area contributed by atoms with Crippen LogP contribution in [0.1, 0.15) is 27.0 Å². The molecule has 0 heterocycles. The molecule has 1 N–H and O–H groups in total. The quantitative estimate of drug-likeness (QED) is 0.669. The highest BCUT2D eigenvalue weighted by Gasteiger charge is 2.04. The van der Waals surface area contributed by atoms with Crippen LogP contribution >= 0.6 is 0 Å². The third kappa shape index (κ3) is 3.07. The zero-order valence-electron chi connectivity index (χ0n) is 10.4. The molecule has 2 rings (SSSR count). The number of hydrogen-bond donors (Lipinski definition) is 1. The Morgan fingerprint density at radius 2 is 1.68 bits per heavy atom. The summed E-state index contributed by atoms with van der Waals surface area (Å²) in [5.41, 5.74) is 2.57. The number of phenols is 1. The Morgan fingerprint density at radius 3 is 2.32 bits per heavy atom. The molecular weight excluding hydrogens is 243 g/mol. The van der Waals surface area contributed by atoms with Gasteiger partial charge in [-0.25, -0.2) is 4.39 Å². The van der Waals surface area contributed by atoms with E-state index < -0.39 is 0 Å². The molecule has 3 heteroatoms. The van der Waals surface area contributed by atoms with E-state index in [1.54, 1.807) is 31.2 Å². The maximum absolute atomic E-state index is 12.8. The monoisotopic (exact) mass is 256 g/mol. The van der Waals surface area contributed by atoms with Crippen LogP contribution in [0.4, 0.5) is 4.39 Å². The molecule has 2 aromatic rings. The zero-order valence-corrected chi connectivity index (χ0v) is 10.4. The number of aldehydes is 1. The van der Waals surface area contributed by atoms with Crippen molar-refractivity contribution in [3.63, 3.8) is 0 Å². The lowest BCUT2D eigenvalue weighted by atomic mass is 10.0. The van der Waals surface area contributed by atoms with Gasteiger partial charge in [0.15, 0.2) is 6.29 Å². The van der Waals surface area contributed by atoms with Gasteiger partial charge in [-0.2, -0.15) is 0 Å².